The van der Waals surface area contributed by atoms with Crippen LogP contribution < -0.4 is 4.90 Å². The van der Waals surface area contributed by atoms with Crippen molar-refractivity contribution < 1.29 is 14.1 Å². The first kappa shape index (κ1) is 19.8. The van der Waals surface area contributed by atoms with Crippen LogP contribution in [0.1, 0.15) is 12.7 Å². The zero-order valence-electron chi connectivity index (χ0n) is 16.8. The summed E-state index contributed by atoms with van der Waals surface area (Å²) in [4.78, 5) is 11.4. The Bertz CT molecular complexity index is 1160. The summed E-state index contributed by atoms with van der Waals surface area (Å²) in [5.41, 5.74) is 2.54. The highest BCUT2D eigenvalue weighted by Gasteiger charge is 2.22. The van der Waals surface area contributed by atoms with Crippen LogP contribution in [0.5, 0.6) is 0 Å². The number of rotatable bonds is 4. The second kappa shape index (κ2) is 7.74. The van der Waals surface area contributed by atoms with Crippen molar-refractivity contribution >= 4 is 32.3 Å². The number of fused-ring (bicyclic) bond motifs is 1. The van der Waals surface area contributed by atoms with Gasteiger partial charge < -0.3 is 14.7 Å². The second-order valence-electron chi connectivity index (χ2n) is 7.44. The van der Waals surface area contributed by atoms with Crippen LogP contribution in [0, 0.1) is 0 Å². The number of hydrogen-bond acceptors (Lipinski definition) is 7. The minimum atomic E-state index is -2.39. The molecule has 0 radical (unpaired) electrons. The highest BCUT2D eigenvalue weighted by Crippen LogP contribution is 2.29. The Hall–Kier alpha value is -2.49. The summed E-state index contributed by atoms with van der Waals surface area (Å²) in [5, 5.41) is 9.89. The number of benzene rings is 1. The van der Waals surface area contributed by atoms with Gasteiger partial charge in [-0.25, -0.2) is 14.2 Å². The van der Waals surface area contributed by atoms with Crippen LogP contribution >= 0.6 is 0 Å². The molecule has 3 aromatic rings. The third-order valence-corrected chi connectivity index (χ3v) is 5.42. The maximum absolute atomic E-state index is 12.3. The Morgan fingerprint density at radius 2 is 2.07 bits per heavy atom. The maximum atomic E-state index is 12.3. The van der Waals surface area contributed by atoms with Crippen LogP contribution in [0.15, 0.2) is 40.8 Å². The summed E-state index contributed by atoms with van der Waals surface area (Å²) in [6, 6.07) is 11.7. The Kier molecular flexibility index (Phi) is 5.28. The second-order valence-corrected chi connectivity index (χ2v) is 9.99. The molecule has 9 heteroatoms. The van der Waals surface area contributed by atoms with Crippen molar-refractivity contribution in [1.82, 2.24) is 14.5 Å². The van der Waals surface area contributed by atoms with Gasteiger partial charge in [-0.2, -0.15) is 4.36 Å². The molecule has 1 N–H and O–H groups in total. The van der Waals surface area contributed by atoms with Crippen LogP contribution in [0.3, 0.4) is 0 Å². The minimum Gasteiger partial charge on any atom is -0.388 e. The van der Waals surface area contributed by atoms with Crippen molar-refractivity contribution in [1.29, 1.82) is 0 Å². The fraction of sp³-hybridized carbons (Fsp3) is 0.400. The number of aliphatic hydroxyl groups is 1. The molecule has 2 aromatic heterocycles. The van der Waals surface area contributed by atoms with Crippen molar-refractivity contribution in [3.63, 3.8) is 0 Å². The van der Waals surface area contributed by atoms with E-state index in [1.807, 2.05) is 41.0 Å². The van der Waals surface area contributed by atoms with Gasteiger partial charge in [0.2, 0.25) is 0 Å². The topological polar surface area (TPSA) is 92.8 Å². The average Bonchev–Trinajstić information content (AvgIpc) is 3.05. The Morgan fingerprint density at radius 1 is 1.28 bits per heavy atom. The third kappa shape index (κ3) is 4.12. The molecule has 0 aliphatic carbocycles. The van der Waals surface area contributed by atoms with Gasteiger partial charge in [0.25, 0.3) is 0 Å². The molecule has 1 aromatic carbocycles. The fourth-order valence-corrected chi connectivity index (χ4v) is 4.13. The Labute approximate surface area is 170 Å². The SMILES string of the molecule is C[C@@H]1COCCN1c1cc(N=S(C)(C)=O)nc(-n2c(CO)nc3ccccc32)c1. The first-order chi connectivity index (χ1) is 13.9. The molecular formula is C20H25N5O3S. The van der Waals surface area contributed by atoms with Crippen molar-refractivity contribution in [3.05, 3.63) is 42.2 Å². The van der Waals surface area contributed by atoms with Crippen LogP contribution in [-0.4, -0.2) is 62.2 Å². The highest BCUT2D eigenvalue weighted by molar-refractivity contribution is 7.92. The van der Waals surface area contributed by atoms with Crippen LogP contribution in [0.2, 0.25) is 0 Å². The molecule has 1 saturated heterocycles. The fourth-order valence-electron chi connectivity index (χ4n) is 3.59. The van der Waals surface area contributed by atoms with E-state index in [9.17, 15) is 9.32 Å². The number of anilines is 1. The number of nitrogens with zero attached hydrogens (tertiary/aromatic N) is 5. The molecule has 0 bridgehead atoms. The lowest BCUT2D eigenvalue weighted by Crippen LogP contribution is -2.43. The zero-order valence-corrected chi connectivity index (χ0v) is 17.6. The highest BCUT2D eigenvalue weighted by atomic mass is 32.2. The molecule has 0 spiro atoms. The van der Waals surface area contributed by atoms with Crippen molar-refractivity contribution in [3.8, 4) is 5.82 Å². The van der Waals surface area contributed by atoms with Gasteiger partial charge in [0.1, 0.15) is 18.2 Å². The summed E-state index contributed by atoms with van der Waals surface area (Å²) in [5.74, 6) is 1.47. The standard InChI is InChI=1S/C20H25N5O3S/c1-14-13-28-9-8-24(14)15-10-18(23-29(2,3)27)22-19(11-15)25-17-7-5-4-6-16(17)21-20(25)12-26/h4-7,10-11,14,26H,8-9,12-13H2,1-3H3/t14-/m1/s1. The zero-order chi connectivity index (χ0) is 20.6. The smallest absolute Gasteiger partial charge is 0.165 e. The summed E-state index contributed by atoms with van der Waals surface area (Å²) in [6.07, 6.45) is 3.17. The van der Waals surface area contributed by atoms with Gasteiger partial charge in [-0.15, -0.1) is 0 Å². The first-order valence-corrected chi connectivity index (χ1v) is 11.8. The van der Waals surface area contributed by atoms with Crippen LogP contribution in [0.25, 0.3) is 16.9 Å². The molecule has 8 nitrogen and oxygen atoms in total. The molecule has 1 fully saturated rings. The lowest BCUT2D eigenvalue weighted by Gasteiger charge is -2.35. The largest absolute Gasteiger partial charge is 0.388 e. The Balaban J connectivity index is 1.95. The number of hydrogen-bond donors (Lipinski definition) is 1. The molecule has 1 atom stereocenters. The Morgan fingerprint density at radius 3 is 2.79 bits per heavy atom. The molecule has 0 unspecified atom stereocenters. The molecule has 3 heterocycles. The van der Waals surface area contributed by atoms with Gasteiger partial charge in [-0.1, -0.05) is 12.1 Å². The summed E-state index contributed by atoms with van der Waals surface area (Å²) in [7, 11) is -2.39. The first-order valence-electron chi connectivity index (χ1n) is 9.47. The van der Waals surface area contributed by atoms with E-state index in [0.717, 1.165) is 23.3 Å². The van der Waals surface area contributed by atoms with Gasteiger partial charge in [0.05, 0.1) is 24.2 Å². The number of para-hydroxylation sites is 2. The lowest BCUT2D eigenvalue weighted by atomic mass is 10.2. The van der Waals surface area contributed by atoms with E-state index in [-0.39, 0.29) is 12.6 Å². The van der Waals surface area contributed by atoms with Crippen molar-refractivity contribution in [2.75, 3.05) is 37.2 Å². The minimum absolute atomic E-state index is 0.191. The van der Waals surface area contributed by atoms with Gasteiger partial charge in [0, 0.05) is 52.6 Å². The van der Waals surface area contributed by atoms with E-state index in [2.05, 4.69) is 26.2 Å². The van der Waals surface area contributed by atoms with Gasteiger partial charge in [-0.3, -0.25) is 4.57 Å². The number of aromatic nitrogens is 3. The molecule has 29 heavy (non-hydrogen) atoms. The summed E-state index contributed by atoms with van der Waals surface area (Å²) in [6.45, 7) is 3.90. The van der Waals surface area contributed by atoms with E-state index >= 15 is 0 Å². The van der Waals surface area contributed by atoms with Gasteiger partial charge >= 0.3 is 0 Å². The lowest BCUT2D eigenvalue weighted by molar-refractivity contribution is 0.0989. The van der Waals surface area contributed by atoms with Crippen molar-refractivity contribution in [2.24, 2.45) is 4.36 Å². The van der Waals surface area contributed by atoms with E-state index in [1.165, 1.54) is 0 Å². The molecule has 154 valence electrons. The van der Waals surface area contributed by atoms with E-state index < -0.39 is 9.73 Å². The molecule has 0 amide bonds. The third-order valence-electron chi connectivity index (χ3n) is 4.80. The summed E-state index contributed by atoms with van der Waals surface area (Å²) < 4.78 is 24.1. The number of ether oxygens (including phenoxy) is 1. The molecule has 4 rings (SSSR count). The average molecular weight is 416 g/mol. The monoisotopic (exact) mass is 415 g/mol. The maximum Gasteiger partial charge on any atom is 0.165 e. The molecular weight excluding hydrogens is 390 g/mol. The predicted octanol–water partition coefficient (Wildman–Crippen LogP) is 2.50. The van der Waals surface area contributed by atoms with E-state index in [1.54, 1.807) is 12.5 Å². The number of imidazole rings is 1. The van der Waals surface area contributed by atoms with Crippen molar-refractivity contribution in [2.45, 2.75) is 19.6 Å². The molecule has 1 aliphatic rings. The number of pyridine rings is 1. The predicted molar refractivity (Wildman–Crippen MR) is 114 cm³/mol. The quantitative estimate of drug-likeness (QED) is 0.704. The molecule has 1 aliphatic heterocycles. The van der Waals surface area contributed by atoms with Gasteiger partial charge in [0.15, 0.2) is 5.82 Å². The van der Waals surface area contributed by atoms with Crippen LogP contribution in [0.4, 0.5) is 11.5 Å². The number of morpholine rings is 1. The number of aliphatic hydroxyl groups excluding tert-OH is 1. The van der Waals surface area contributed by atoms with E-state index in [0.29, 0.717) is 30.7 Å². The van der Waals surface area contributed by atoms with E-state index in [4.69, 9.17) is 4.74 Å². The normalized spacial score (nSPS) is 17.7. The summed E-state index contributed by atoms with van der Waals surface area (Å²) >= 11 is 0. The van der Waals surface area contributed by atoms with Gasteiger partial charge in [-0.05, 0) is 19.1 Å². The molecule has 0 saturated carbocycles. The van der Waals surface area contributed by atoms with Crippen LogP contribution in [-0.2, 0) is 21.1 Å².